The largest absolute Gasteiger partial charge is 0.341 e. The average molecular weight is 259 g/mol. The summed E-state index contributed by atoms with van der Waals surface area (Å²) in [7, 11) is 1.78. The molecule has 1 aromatic carbocycles. The van der Waals surface area contributed by atoms with E-state index in [1.807, 2.05) is 26.0 Å². The molecule has 4 heteroatoms. The monoisotopic (exact) mass is 259 g/mol. The lowest BCUT2D eigenvalue weighted by atomic mass is 10.00. The molecule has 0 heterocycles. The zero-order valence-electron chi connectivity index (χ0n) is 11.8. The van der Waals surface area contributed by atoms with Gasteiger partial charge >= 0.3 is 0 Å². The summed E-state index contributed by atoms with van der Waals surface area (Å²) in [6.07, 6.45) is 1.12. The fourth-order valence-corrected chi connectivity index (χ4v) is 1.67. The quantitative estimate of drug-likeness (QED) is 0.879. The standard InChI is InChI=1S/C15H21N3O/c1-15(2,17)9-8-14(19)18(3)11-13-6-4-12(10-16)5-7-13/h4-7H,8-9,11,17H2,1-3H3. The number of hydrogen-bond donors (Lipinski definition) is 1. The number of nitrogens with zero attached hydrogens (tertiary/aromatic N) is 2. The van der Waals surface area contributed by atoms with Crippen LogP contribution in [0, 0.1) is 11.3 Å². The number of nitrogens with two attached hydrogens (primary N) is 1. The average Bonchev–Trinajstić information content (AvgIpc) is 2.36. The fraction of sp³-hybridized carbons (Fsp3) is 0.467. The molecule has 0 radical (unpaired) electrons. The van der Waals surface area contributed by atoms with E-state index in [4.69, 9.17) is 11.0 Å². The van der Waals surface area contributed by atoms with E-state index in [0.29, 0.717) is 24.9 Å². The third kappa shape index (κ3) is 5.54. The van der Waals surface area contributed by atoms with Gasteiger partial charge in [-0.3, -0.25) is 4.79 Å². The van der Waals surface area contributed by atoms with Crippen LogP contribution in [0.2, 0.25) is 0 Å². The molecule has 0 saturated heterocycles. The molecule has 0 atom stereocenters. The van der Waals surface area contributed by atoms with Crippen LogP contribution in [0.15, 0.2) is 24.3 Å². The molecule has 1 aromatic rings. The first-order valence-corrected chi connectivity index (χ1v) is 6.34. The molecule has 1 amide bonds. The van der Waals surface area contributed by atoms with E-state index in [9.17, 15) is 4.79 Å². The molecule has 0 aliphatic carbocycles. The zero-order chi connectivity index (χ0) is 14.5. The molecule has 102 valence electrons. The van der Waals surface area contributed by atoms with Crippen LogP contribution >= 0.6 is 0 Å². The van der Waals surface area contributed by atoms with Gasteiger partial charge in [0.25, 0.3) is 0 Å². The summed E-state index contributed by atoms with van der Waals surface area (Å²) < 4.78 is 0. The molecule has 4 nitrogen and oxygen atoms in total. The summed E-state index contributed by atoms with van der Waals surface area (Å²) in [5.41, 5.74) is 7.20. The predicted octanol–water partition coefficient (Wildman–Crippen LogP) is 2.03. The minimum absolute atomic E-state index is 0.0860. The lowest BCUT2D eigenvalue weighted by molar-refractivity contribution is -0.130. The van der Waals surface area contributed by atoms with Gasteiger partial charge in [0.1, 0.15) is 0 Å². The van der Waals surface area contributed by atoms with Gasteiger partial charge in [0.15, 0.2) is 0 Å². The van der Waals surface area contributed by atoms with Gasteiger partial charge in [0.05, 0.1) is 11.6 Å². The van der Waals surface area contributed by atoms with Gasteiger partial charge in [-0.15, -0.1) is 0 Å². The normalized spacial score (nSPS) is 10.9. The second-order valence-electron chi connectivity index (χ2n) is 5.55. The first-order chi connectivity index (χ1) is 8.81. The van der Waals surface area contributed by atoms with Crippen molar-refractivity contribution in [2.75, 3.05) is 7.05 Å². The van der Waals surface area contributed by atoms with Crippen molar-refractivity contribution in [1.29, 1.82) is 5.26 Å². The zero-order valence-corrected chi connectivity index (χ0v) is 11.8. The summed E-state index contributed by atoms with van der Waals surface area (Å²) in [6, 6.07) is 9.33. The van der Waals surface area contributed by atoms with Crippen LogP contribution in [0.1, 0.15) is 37.8 Å². The number of hydrogen-bond acceptors (Lipinski definition) is 3. The molecule has 0 unspecified atom stereocenters. The molecule has 0 aliphatic heterocycles. The Balaban J connectivity index is 2.51. The fourth-order valence-electron chi connectivity index (χ4n) is 1.67. The van der Waals surface area contributed by atoms with Crippen LogP contribution < -0.4 is 5.73 Å². The van der Waals surface area contributed by atoms with E-state index in [1.54, 1.807) is 24.1 Å². The summed E-state index contributed by atoms with van der Waals surface area (Å²) in [4.78, 5) is 13.6. The highest BCUT2D eigenvalue weighted by atomic mass is 16.2. The maximum atomic E-state index is 11.9. The van der Waals surface area contributed by atoms with E-state index in [1.165, 1.54) is 0 Å². The van der Waals surface area contributed by atoms with E-state index in [2.05, 4.69) is 6.07 Å². The van der Waals surface area contributed by atoms with E-state index in [-0.39, 0.29) is 11.4 Å². The van der Waals surface area contributed by atoms with Crippen LogP contribution in [0.4, 0.5) is 0 Å². The van der Waals surface area contributed by atoms with Crippen LogP contribution in [0.25, 0.3) is 0 Å². The van der Waals surface area contributed by atoms with E-state index in [0.717, 1.165) is 5.56 Å². The molecule has 0 fully saturated rings. The Hall–Kier alpha value is -1.86. The third-order valence-electron chi connectivity index (χ3n) is 2.91. The van der Waals surface area contributed by atoms with E-state index < -0.39 is 0 Å². The van der Waals surface area contributed by atoms with Crippen molar-refractivity contribution in [3.05, 3.63) is 35.4 Å². The Morgan fingerprint density at radius 3 is 2.42 bits per heavy atom. The van der Waals surface area contributed by atoms with Crippen LogP contribution in [-0.2, 0) is 11.3 Å². The van der Waals surface area contributed by atoms with Crippen molar-refractivity contribution in [3.8, 4) is 6.07 Å². The van der Waals surface area contributed by atoms with E-state index >= 15 is 0 Å². The summed E-state index contributed by atoms with van der Waals surface area (Å²) >= 11 is 0. The summed E-state index contributed by atoms with van der Waals surface area (Å²) in [6.45, 7) is 4.39. The molecule has 2 N–H and O–H groups in total. The van der Waals surface area contributed by atoms with Gasteiger partial charge in [0.2, 0.25) is 5.91 Å². The number of nitriles is 1. The Kier molecular flexibility index (Phi) is 5.08. The second-order valence-corrected chi connectivity index (χ2v) is 5.55. The highest BCUT2D eigenvalue weighted by Gasteiger charge is 2.15. The lowest BCUT2D eigenvalue weighted by Gasteiger charge is -2.21. The summed E-state index contributed by atoms with van der Waals surface area (Å²) in [5.74, 6) is 0.0860. The lowest BCUT2D eigenvalue weighted by Crippen LogP contribution is -2.34. The maximum absolute atomic E-state index is 11.9. The molecule has 0 aromatic heterocycles. The molecular weight excluding hydrogens is 238 g/mol. The smallest absolute Gasteiger partial charge is 0.222 e. The number of carbonyl (C=O) groups is 1. The molecule has 0 bridgehead atoms. The van der Waals surface area contributed by atoms with Gasteiger partial charge in [-0.1, -0.05) is 12.1 Å². The number of rotatable bonds is 5. The molecule has 19 heavy (non-hydrogen) atoms. The Labute approximate surface area is 114 Å². The van der Waals surface area contributed by atoms with Crippen LogP contribution in [-0.4, -0.2) is 23.4 Å². The van der Waals surface area contributed by atoms with Crippen molar-refractivity contribution >= 4 is 5.91 Å². The molecule has 1 rings (SSSR count). The topological polar surface area (TPSA) is 70.1 Å². The molecule has 0 saturated carbocycles. The maximum Gasteiger partial charge on any atom is 0.222 e. The Bertz CT molecular complexity index is 466. The Morgan fingerprint density at radius 1 is 1.37 bits per heavy atom. The highest BCUT2D eigenvalue weighted by molar-refractivity contribution is 5.75. The molecular formula is C15H21N3O. The van der Waals surface area contributed by atoms with Crippen LogP contribution in [0.5, 0.6) is 0 Å². The number of benzene rings is 1. The van der Waals surface area contributed by atoms with Gasteiger partial charge in [-0.25, -0.2) is 0 Å². The molecule has 0 aliphatic rings. The van der Waals surface area contributed by atoms with Crippen molar-refractivity contribution in [3.63, 3.8) is 0 Å². The predicted molar refractivity (Wildman–Crippen MR) is 75.1 cm³/mol. The SMILES string of the molecule is CN(Cc1ccc(C#N)cc1)C(=O)CCC(C)(C)N. The van der Waals surface area contributed by atoms with Gasteiger partial charge < -0.3 is 10.6 Å². The highest BCUT2D eigenvalue weighted by Crippen LogP contribution is 2.11. The van der Waals surface area contributed by atoms with Crippen LogP contribution in [0.3, 0.4) is 0 Å². The minimum Gasteiger partial charge on any atom is -0.341 e. The van der Waals surface area contributed by atoms with Gasteiger partial charge in [0, 0.05) is 25.6 Å². The minimum atomic E-state index is -0.315. The first-order valence-electron chi connectivity index (χ1n) is 6.34. The Morgan fingerprint density at radius 2 is 1.95 bits per heavy atom. The summed E-state index contributed by atoms with van der Waals surface area (Å²) in [5, 5.41) is 8.72. The second kappa shape index (κ2) is 6.35. The van der Waals surface area contributed by atoms with Crippen molar-refractivity contribution < 1.29 is 4.79 Å². The number of carbonyl (C=O) groups excluding carboxylic acids is 1. The number of amides is 1. The molecule has 0 spiro atoms. The van der Waals surface area contributed by atoms with Crippen molar-refractivity contribution in [2.45, 2.75) is 38.8 Å². The van der Waals surface area contributed by atoms with Crippen molar-refractivity contribution in [2.24, 2.45) is 5.73 Å². The first kappa shape index (κ1) is 15.2. The van der Waals surface area contributed by atoms with Crippen molar-refractivity contribution in [1.82, 2.24) is 4.90 Å². The van der Waals surface area contributed by atoms with Gasteiger partial charge in [-0.05, 0) is 38.0 Å². The van der Waals surface area contributed by atoms with Gasteiger partial charge in [-0.2, -0.15) is 5.26 Å². The third-order valence-corrected chi connectivity index (χ3v) is 2.91.